The van der Waals surface area contributed by atoms with Crippen LogP contribution in [0.5, 0.6) is 11.5 Å². The van der Waals surface area contributed by atoms with Crippen LogP contribution in [0.3, 0.4) is 0 Å². The van der Waals surface area contributed by atoms with E-state index in [1.165, 1.54) is 16.1 Å². The highest BCUT2D eigenvalue weighted by Crippen LogP contribution is 2.42. The van der Waals surface area contributed by atoms with E-state index < -0.39 is 0 Å². The maximum absolute atomic E-state index is 5.81. The Morgan fingerprint density at radius 3 is 2.42 bits per heavy atom. The number of benzene rings is 1. The summed E-state index contributed by atoms with van der Waals surface area (Å²) in [6.45, 7) is 12.3. The lowest BCUT2D eigenvalue weighted by Crippen LogP contribution is -2.46. The molecular weight excluding hydrogens is 322 g/mol. The van der Waals surface area contributed by atoms with Crippen LogP contribution >= 0.6 is 11.3 Å². The summed E-state index contributed by atoms with van der Waals surface area (Å²) in [4.78, 5) is 10.8. The summed E-state index contributed by atoms with van der Waals surface area (Å²) in [6.07, 6.45) is -0.192. The van der Waals surface area contributed by atoms with Crippen LogP contribution in [0, 0.1) is 20.8 Å². The molecule has 6 heteroatoms. The second-order valence-corrected chi connectivity index (χ2v) is 7.63. The highest BCUT2D eigenvalue weighted by atomic mass is 32.1. The molecule has 0 radical (unpaired) electrons. The quantitative estimate of drug-likeness (QED) is 0.833. The third kappa shape index (κ3) is 2.59. The number of fused-ring (bicyclic) bond motifs is 1. The first-order valence-electron chi connectivity index (χ1n) is 8.44. The molecule has 0 N–H and O–H groups in total. The average molecular weight is 345 g/mol. The SMILES string of the molecule is Cc1nc(N2CCN(c3ccc4c(c3C)OC(C)O4)CC2)sc1C. The Hall–Kier alpha value is -1.95. The zero-order valence-corrected chi connectivity index (χ0v) is 15.4. The molecule has 0 aliphatic carbocycles. The van der Waals surface area contributed by atoms with Crippen LogP contribution in [0.15, 0.2) is 12.1 Å². The van der Waals surface area contributed by atoms with E-state index in [4.69, 9.17) is 14.5 Å². The highest BCUT2D eigenvalue weighted by Gasteiger charge is 2.27. The van der Waals surface area contributed by atoms with Gasteiger partial charge in [0.1, 0.15) is 0 Å². The van der Waals surface area contributed by atoms with Crippen LogP contribution in [0.1, 0.15) is 23.1 Å². The van der Waals surface area contributed by atoms with Crippen molar-refractivity contribution in [1.82, 2.24) is 4.98 Å². The number of ether oxygens (including phenoxy) is 2. The molecule has 2 aliphatic heterocycles. The molecule has 4 rings (SSSR count). The number of aromatic nitrogens is 1. The predicted molar refractivity (Wildman–Crippen MR) is 97.9 cm³/mol. The van der Waals surface area contributed by atoms with E-state index in [2.05, 4.69) is 36.6 Å². The van der Waals surface area contributed by atoms with Gasteiger partial charge in [-0.05, 0) is 32.9 Å². The molecule has 24 heavy (non-hydrogen) atoms. The first kappa shape index (κ1) is 15.6. The van der Waals surface area contributed by atoms with Gasteiger partial charge in [-0.25, -0.2) is 4.98 Å². The number of anilines is 2. The van der Waals surface area contributed by atoms with E-state index in [-0.39, 0.29) is 6.29 Å². The Kier molecular flexibility index (Phi) is 3.79. The van der Waals surface area contributed by atoms with E-state index in [1.807, 2.05) is 13.0 Å². The van der Waals surface area contributed by atoms with Gasteiger partial charge in [0.15, 0.2) is 16.6 Å². The topological polar surface area (TPSA) is 37.8 Å². The fourth-order valence-corrected chi connectivity index (χ4v) is 4.30. The van der Waals surface area contributed by atoms with Gasteiger partial charge in [-0.2, -0.15) is 0 Å². The molecule has 128 valence electrons. The smallest absolute Gasteiger partial charge is 0.238 e. The summed E-state index contributed by atoms with van der Waals surface area (Å²) in [6, 6.07) is 4.18. The van der Waals surface area contributed by atoms with Crippen molar-refractivity contribution in [3.05, 3.63) is 28.3 Å². The maximum atomic E-state index is 5.81. The van der Waals surface area contributed by atoms with Crippen molar-refractivity contribution in [3.63, 3.8) is 0 Å². The Morgan fingerprint density at radius 2 is 1.75 bits per heavy atom. The van der Waals surface area contributed by atoms with Gasteiger partial charge in [0.2, 0.25) is 6.29 Å². The number of aryl methyl sites for hydroxylation is 2. The Morgan fingerprint density at radius 1 is 1.04 bits per heavy atom. The Labute approximate surface area is 146 Å². The summed E-state index contributed by atoms with van der Waals surface area (Å²) in [5.74, 6) is 1.75. The molecule has 2 aliphatic rings. The molecule has 5 nitrogen and oxygen atoms in total. The molecule has 1 saturated heterocycles. The minimum absolute atomic E-state index is 0.192. The average Bonchev–Trinajstić information content (AvgIpc) is 3.11. The molecular formula is C18H23N3O2S. The Bertz CT molecular complexity index is 746. The zero-order valence-electron chi connectivity index (χ0n) is 14.6. The number of piperazine rings is 1. The van der Waals surface area contributed by atoms with Gasteiger partial charge in [0.25, 0.3) is 0 Å². The summed E-state index contributed by atoms with van der Waals surface area (Å²) in [5.41, 5.74) is 3.57. The van der Waals surface area contributed by atoms with Gasteiger partial charge >= 0.3 is 0 Å². The molecule has 1 atom stereocenters. The molecule has 1 aromatic carbocycles. The number of hydrogen-bond donors (Lipinski definition) is 0. The van der Waals surface area contributed by atoms with Crippen molar-refractivity contribution in [2.75, 3.05) is 36.0 Å². The van der Waals surface area contributed by atoms with Gasteiger partial charge < -0.3 is 19.3 Å². The monoisotopic (exact) mass is 345 g/mol. The van der Waals surface area contributed by atoms with Crippen LogP contribution in [0.25, 0.3) is 0 Å². The lowest BCUT2D eigenvalue weighted by atomic mass is 10.1. The lowest BCUT2D eigenvalue weighted by molar-refractivity contribution is 0.0675. The molecule has 1 fully saturated rings. The van der Waals surface area contributed by atoms with Crippen LogP contribution in [0.2, 0.25) is 0 Å². The molecule has 2 aromatic rings. The van der Waals surface area contributed by atoms with Crippen molar-refractivity contribution in [2.45, 2.75) is 34.0 Å². The van der Waals surface area contributed by atoms with Crippen molar-refractivity contribution in [2.24, 2.45) is 0 Å². The standard InChI is InChI=1S/C18H23N3O2S/c1-11-15(5-6-16-17(11)23-14(4)22-16)20-7-9-21(10-8-20)18-19-12(2)13(3)24-18/h5-6,14H,7-10H2,1-4H3. The van der Waals surface area contributed by atoms with Crippen LogP contribution in [-0.2, 0) is 0 Å². The molecule has 0 amide bonds. The van der Waals surface area contributed by atoms with Crippen molar-refractivity contribution < 1.29 is 9.47 Å². The molecule has 1 unspecified atom stereocenters. The van der Waals surface area contributed by atoms with E-state index in [1.54, 1.807) is 11.3 Å². The second-order valence-electron chi connectivity index (χ2n) is 6.45. The minimum atomic E-state index is -0.192. The fraction of sp³-hybridized carbons (Fsp3) is 0.500. The van der Waals surface area contributed by atoms with Crippen molar-refractivity contribution in [1.29, 1.82) is 0 Å². The van der Waals surface area contributed by atoms with Crippen LogP contribution in [-0.4, -0.2) is 37.5 Å². The summed E-state index contributed by atoms with van der Waals surface area (Å²) >= 11 is 1.80. The molecule has 0 bridgehead atoms. The number of nitrogens with zero attached hydrogens (tertiary/aromatic N) is 3. The van der Waals surface area contributed by atoms with E-state index in [0.717, 1.165) is 48.5 Å². The maximum Gasteiger partial charge on any atom is 0.238 e. The summed E-state index contributed by atoms with van der Waals surface area (Å²) < 4.78 is 11.5. The Balaban J connectivity index is 1.49. The normalized spacial score (nSPS) is 19.9. The number of rotatable bonds is 2. The van der Waals surface area contributed by atoms with Gasteiger partial charge in [-0.15, -0.1) is 11.3 Å². The van der Waals surface area contributed by atoms with Crippen molar-refractivity contribution in [3.8, 4) is 11.5 Å². The third-order valence-corrected chi connectivity index (χ3v) is 5.96. The third-order valence-electron chi connectivity index (χ3n) is 4.83. The molecule has 3 heterocycles. The first-order chi connectivity index (χ1) is 11.5. The highest BCUT2D eigenvalue weighted by molar-refractivity contribution is 7.15. The molecule has 0 saturated carbocycles. The van der Waals surface area contributed by atoms with Crippen molar-refractivity contribution >= 4 is 22.2 Å². The van der Waals surface area contributed by atoms with Gasteiger partial charge in [0.05, 0.1) is 5.69 Å². The first-order valence-corrected chi connectivity index (χ1v) is 9.25. The van der Waals surface area contributed by atoms with Gasteiger partial charge in [0, 0.05) is 49.2 Å². The van der Waals surface area contributed by atoms with Gasteiger partial charge in [-0.3, -0.25) is 0 Å². The molecule has 0 spiro atoms. The van der Waals surface area contributed by atoms with E-state index in [0.29, 0.717) is 0 Å². The zero-order chi connectivity index (χ0) is 16.8. The summed E-state index contributed by atoms with van der Waals surface area (Å²) in [7, 11) is 0. The van der Waals surface area contributed by atoms with Gasteiger partial charge in [-0.1, -0.05) is 0 Å². The lowest BCUT2D eigenvalue weighted by Gasteiger charge is -2.36. The molecule has 1 aromatic heterocycles. The minimum Gasteiger partial charge on any atom is -0.451 e. The fourth-order valence-electron chi connectivity index (χ4n) is 3.34. The van der Waals surface area contributed by atoms with Crippen LogP contribution < -0.4 is 19.3 Å². The summed E-state index contributed by atoms with van der Waals surface area (Å²) in [5, 5.41) is 1.15. The van der Waals surface area contributed by atoms with E-state index in [9.17, 15) is 0 Å². The van der Waals surface area contributed by atoms with Crippen LogP contribution in [0.4, 0.5) is 10.8 Å². The number of hydrogen-bond acceptors (Lipinski definition) is 6. The van der Waals surface area contributed by atoms with E-state index >= 15 is 0 Å². The number of thiazole rings is 1. The predicted octanol–water partition coefficient (Wildman–Crippen LogP) is 3.51. The second kappa shape index (κ2) is 5.84. The largest absolute Gasteiger partial charge is 0.451 e.